The highest BCUT2D eigenvalue weighted by molar-refractivity contribution is 5.74. The van der Waals surface area contributed by atoms with E-state index in [1.54, 1.807) is 0 Å². The molecule has 20 atom stereocenters. The summed E-state index contributed by atoms with van der Waals surface area (Å²) in [6.07, 6.45) is -23.6. The lowest BCUT2D eigenvalue weighted by atomic mass is 9.91. The molecule has 0 aromatic heterocycles. The molecule has 4 aliphatic heterocycles. The molecular weight excluding hydrogens is 816 g/mol. The van der Waals surface area contributed by atoms with Crippen LogP contribution in [0.1, 0.15) is 83.1 Å². The Morgan fingerprint density at radius 1 is 0.300 bits per heavy atom. The second-order valence-corrected chi connectivity index (χ2v) is 12.4. The topological polar surface area (TPSA) is 429 Å². The van der Waals surface area contributed by atoms with Gasteiger partial charge in [0.1, 0.15) is 36.6 Å². The van der Waals surface area contributed by atoms with Crippen molar-refractivity contribution >= 4 is 23.9 Å². The molecular formula is C36H72O24. The maximum atomic E-state index is 10.5. The van der Waals surface area contributed by atoms with Gasteiger partial charge in [-0.05, 0) is 6.92 Å². The van der Waals surface area contributed by atoms with E-state index in [0.717, 1.165) is 0 Å². The van der Waals surface area contributed by atoms with Gasteiger partial charge >= 0.3 is 23.9 Å². The third-order valence-corrected chi connectivity index (χ3v) is 8.67. The predicted molar refractivity (Wildman–Crippen MR) is 204 cm³/mol. The van der Waals surface area contributed by atoms with E-state index in [1.165, 1.54) is 27.7 Å². The van der Waals surface area contributed by atoms with Crippen molar-refractivity contribution in [1.29, 1.82) is 0 Å². The Hall–Kier alpha value is -2.76. The Morgan fingerprint density at radius 3 is 1.00 bits per heavy atom. The largest absolute Gasteiger partial charge is 0.479 e. The number of aliphatic carboxylic acids is 4. The molecule has 0 aliphatic carbocycles. The van der Waals surface area contributed by atoms with Crippen molar-refractivity contribution in [3.8, 4) is 0 Å². The van der Waals surface area contributed by atoms with Crippen LogP contribution in [0.25, 0.3) is 0 Å². The summed E-state index contributed by atoms with van der Waals surface area (Å²) in [6.45, 7) is 21.8. The minimum absolute atomic E-state index is 0.703. The second-order valence-electron chi connectivity index (χ2n) is 12.4. The average molecular weight is 889 g/mol. The Labute approximate surface area is 348 Å². The van der Waals surface area contributed by atoms with Gasteiger partial charge in [0.25, 0.3) is 0 Å². The summed E-state index contributed by atoms with van der Waals surface area (Å²) in [6, 6.07) is 0. The lowest BCUT2D eigenvalue weighted by Gasteiger charge is -2.37. The smallest absolute Gasteiger partial charge is 0.335 e. The summed E-state index contributed by atoms with van der Waals surface area (Å²) in [5.41, 5.74) is 0. The van der Waals surface area contributed by atoms with Crippen LogP contribution in [0.3, 0.4) is 0 Å². The number of hydrogen-bond acceptors (Lipinski definition) is 20. The lowest BCUT2D eigenvalue weighted by molar-refractivity contribution is -0.265. The van der Waals surface area contributed by atoms with Gasteiger partial charge in [-0.2, -0.15) is 0 Å². The van der Waals surface area contributed by atoms with Gasteiger partial charge in [-0.3, -0.25) is 0 Å². The SMILES string of the molecule is CC.CC.CC.CC.C[C@@H]1O[C@H](C(=O)O)[C@@H](O)[C@H](O)[C@H]1O.C[C@@H]1[C@@H](O)[C@H](O)O[C@H](C(=O)O)[C@H]1O.C[C@@H]1[C@@H](O)[C@H](O)[C@@H](C(=O)O)O[C@H]1O.C[C@H]1[C@H](O)[C@@H](O)[C@H](O)O[C@@H]1C(=O)O. The molecule has 4 fully saturated rings. The molecule has 4 saturated heterocycles. The lowest BCUT2D eigenvalue weighted by Crippen LogP contribution is -2.58. The van der Waals surface area contributed by atoms with E-state index in [1.807, 2.05) is 55.4 Å². The monoisotopic (exact) mass is 888 g/mol. The van der Waals surface area contributed by atoms with Crippen molar-refractivity contribution in [3.63, 3.8) is 0 Å². The van der Waals surface area contributed by atoms with Crippen LogP contribution in [-0.4, -0.2) is 210 Å². The quantitative estimate of drug-likeness (QED) is 0.130. The molecule has 0 unspecified atom stereocenters. The Balaban J connectivity index is -0.000000329. The van der Waals surface area contributed by atoms with E-state index >= 15 is 0 Å². The number of carboxylic acid groups (broad SMARTS) is 4. The molecule has 0 radical (unpaired) electrons. The summed E-state index contributed by atoms with van der Waals surface area (Å²) in [5.74, 6) is -7.57. The van der Waals surface area contributed by atoms with Crippen LogP contribution in [0.2, 0.25) is 0 Å². The molecule has 360 valence electrons. The number of aliphatic hydroxyl groups is 12. The average Bonchev–Trinajstić information content (AvgIpc) is 3.23. The van der Waals surface area contributed by atoms with Crippen LogP contribution in [-0.2, 0) is 38.1 Å². The zero-order chi connectivity index (χ0) is 48.7. The fourth-order valence-corrected chi connectivity index (χ4v) is 5.02. The zero-order valence-corrected chi connectivity index (χ0v) is 36.0. The molecule has 24 heteroatoms. The summed E-state index contributed by atoms with van der Waals surface area (Å²) in [5, 5.41) is 144. The molecule has 0 bridgehead atoms. The van der Waals surface area contributed by atoms with Crippen molar-refractivity contribution in [2.75, 3.05) is 0 Å². The van der Waals surface area contributed by atoms with Gasteiger partial charge in [0.15, 0.2) is 43.3 Å². The van der Waals surface area contributed by atoms with E-state index in [9.17, 15) is 60.0 Å². The van der Waals surface area contributed by atoms with Crippen molar-refractivity contribution in [1.82, 2.24) is 0 Å². The van der Waals surface area contributed by atoms with Crippen molar-refractivity contribution in [2.45, 2.75) is 187 Å². The molecule has 4 heterocycles. The molecule has 0 amide bonds. The third-order valence-electron chi connectivity index (χ3n) is 8.67. The molecule has 4 aliphatic rings. The summed E-state index contributed by atoms with van der Waals surface area (Å²) in [7, 11) is 0. The Morgan fingerprint density at radius 2 is 0.600 bits per heavy atom. The predicted octanol–water partition coefficient (Wildman–Crippen LogP) is -3.52. The maximum absolute atomic E-state index is 10.5. The van der Waals surface area contributed by atoms with Crippen molar-refractivity contribution < 1.29 is 120 Å². The summed E-state index contributed by atoms with van der Waals surface area (Å²) < 4.78 is 18.5. The van der Waals surface area contributed by atoms with E-state index in [-0.39, 0.29) is 0 Å². The normalized spacial score (nSPS) is 40.3. The van der Waals surface area contributed by atoms with Gasteiger partial charge in [-0.1, -0.05) is 76.2 Å². The summed E-state index contributed by atoms with van der Waals surface area (Å²) in [4.78, 5) is 42.0. The fraction of sp³-hybridized carbons (Fsp3) is 0.889. The molecule has 24 nitrogen and oxygen atoms in total. The van der Waals surface area contributed by atoms with E-state index in [0.29, 0.717) is 0 Å². The number of ether oxygens (including phenoxy) is 4. The van der Waals surface area contributed by atoms with Crippen LogP contribution in [0, 0.1) is 17.8 Å². The highest BCUT2D eigenvalue weighted by Crippen LogP contribution is 2.27. The van der Waals surface area contributed by atoms with Gasteiger partial charge in [0.05, 0.1) is 24.4 Å². The maximum Gasteiger partial charge on any atom is 0.335 e. The standard InChI is InChI=1S/4C7H12O6.4C2H6/c1-2-3(8)4(9)5(10)6(13-2)7(11)12;1-2-3(8)4(9)5(6(10)11)13-7(2)12;1-2-3(8)4(9)7(12)13-5(2)6(10)11;1-2-3(8)5(6(10)11)13-7(12)4(2)9;4*1-2/h2-6,8-10H,1H3,(H,11,12);3*2-5,7-9,12H,1H3,(H,10,11);4*1-2H3/t2-,3-,4+,5-,6-;2-,3-,4+,5+,7-;2*2-,3-,4+,5-,7+;;;;/m0100..../s1. The molecule has 0 aromatic carbocycles. The molecule has 0 spiro atoms. The van der Waals surface area contributed by atoms with E-state index < -0.39 is 146 Å². The highest BCUT2D eigenvalue weighted by atomic mass is 16.7. The van der Waals surface area contributed by atoms with E-state index in [2.05, 4.69) is 14.2 Å². The molecule has 0 aromatic rings. The molecule has 60 heavy (non-hydrogen) atoms. The van der Waals surface area contributed by atoms with Gasteiger partial charge in [-0.25, -0.2) is 19.2 Å². The van der Waals surface area contributed by atoms with Crippen LogP contribution in [0.5, 0.6) is 0 Å². The van der Waals surface area contributed by atoms with Gasteiger partial charge in [-0.15, -0.1) is 0 Å². The summed E-state index contributed by atoms with van der Waals surface area (Å²) >= 11 is 0. The minimum Gasteiger partial charge on any atom is -0.479 e. The van der Waals surface area contributed by atoms with Crippen LogP contribution < -0.4 is 0 Å². The first-order valence-electron chi connectivity index (χ1n) is 19.5. The minimum atomic E-state index is -1.65. The van der Waals surface area contributed by atoms with Gasteiger partial charge in [0.2, 0.25) is 0 Å². The van der Waals surface area contributed by atoms with Crippen molar-refractivity contribution in [3.05, 3.63) is 0 Å². The number of carboxylic acids is 4. The van der Waals surface area contributed by atoms with Crippen LogP contribution in [0.15, 0.2) is 0 Å². The zero-order valence-electron chi connectivity index (χ0n) is 36.0. The fourth-order valence-electron chi connectivity index (χ4n) is 5.02. The number of hydrogen-bond donors (Lipinski definition) is 16. The number of aliphatic hydroxyl groups excluding tert-OH is 12. The number of rotatable bonds is 4. The molecule has 16 N–H and O–H groups in total. The highest BCUT2D eigenvalue weighted by Gasteiger charge is 2.47. The van der Waals surface area contributed by atoms with E-state index in [4.69, 9.17) is 45.6 Å². The Kier molecular flexibility index (Phi) is 34.1. The van der Waals surface area contributed by atoms with Gasteiger partial charge in [0, 0.05) is 17.8 Å². The third kappa shape index (κ3) is 18.7. The van der Waals surface area contributed by atoms with Crippen molar-refractivity contribution in [2.24, 2.45) is 17.8 Å². The number of carbonyl (C=O) groups is 4. The molecule has 4 rings (SSSR count). The van der Waals surface area contributed by atoms with Gasteiger partial charge < -0.3 is 101 Å². The second kappa shape index (κ2) is 32.0. The molecule has 0 saturated carbocycles. The van der Waals surface area contributed by atoms with Crippen LogP contribution >= 0.6 is 0 Å². The Bertz CT molecular complexity index is 1000. The first-order valence-corrected chi connectivity index (χ1v) is 19.5. The first kappa shape index (κ1) is 63.9. The first-order chi connectivity index (χ1) is 27.8. The van der Waals surface area contributed by atoms with Crippen LogP contribution in [0.4, 0.5) is 0 Å².